The molecular formula is C32H20F10O3. The fourth-order valence-electron chi connectivity index (χ4n) is 3.96. The molecule has 0 atom stereocenters. The van der Waals surface area contributed by atoms with Crippen LogP contribution in [-0.2, 0) is 6.11 Å². The molecule has 0 aliphatic rings. The SMILES string of the molecule is CCCCOc1ccc(C#Cc2cc(F)c(C(F)(F)Oc3ccc(-c4cc(F)c(OC(F)(F)F)c(F)c4)c(F)c3)c(F)c2)cc1. The molecule has 0 bridgehead atoms. The Bertz CT molecular complexity index is 1690. The quantitative estimate of drug-likeness (QED) is 0.103. The van der Waals surface area contributed by atoms with E-state index in [1.54, 1.807) is 24.3 Å². The average Bonchev–Trinajstić information content (AvgIpc) is 2.93. The van der Waals surface area contributed by atoms with Crippen molar-refractivity contribution in [2.24, 2.45) is 0 Å². The van der Waals surface area contributed by atoms with Crippen molar-refractivity contribution in [3.63, 3.8) is 0 Å². The lowest BCUT2D eigenvalue weighted by Gasteiger charge is -2.20. The molecule has 4 aromatic rings. The van der Waals surface area contributed by atoms with Crippen LogP contribution >= 0.6 is 0 Å². The molecule has 0 unspecified atom stereocenters. The third-order valence-electron chi connectivity index (χ3n) is 6.02. The summed E-state index contributed by atoms with van der Waals surface area (Å²) < 4.78 is 152. The summed E-state index contributed by atoms with van der Waals surface area (Å²) in [5.41, 5.74) is -2.84. The molecule has 0 aliphatic heterocycles. The van der Waals surface area contributed by atoms with E-state index in [1.807, 2.05) is 6.92 Å². The monoisotopic (exact) mass is 642 g/mol. The van der Waals surface area contributed by atoms with E-state index < -0.39 is 69.7 Å². The summed E-state index contributed by atoms with van der Waals surface area (Å²) >= 11 is 0. The normalized spacial score (nSPS) is 11.5. The van der Waals surface area contributed by atoms with Crippen LogP contribution in [0.4, 0.5) is 43.9 Å². The maximum absolute atomic E-state index is 14.9. The van der Waals surface area contributed by atoms with Crippen molar-refractivity contribution in [1.29, 1.82) is 0 Å². The van der Waals surface area contributed by atoms with Gasteiger partial charge in [0.1, 0.15) is 34.5 Å². The maximum atomic E-state index is 14.9. The van der Waals surface area contributed by atoms with E-state index >= 15 is 0 Å². The second-order valence-corrected chi connectivity index (χ2v) is 9.37. The Kier molecular flexibility index (Phi) is 9.85. The highest BCUT2D eigenvalue weighted by molar-refractivity contribution is 5.66. The standard InChI is InChI=1S/C32H20F10O3/c1-2-3-12-43-21-8-6-18(7-9-21)4-5-19-13-25(34)29(26(35)14-19)31(38,39)44-22-10-11-23(24(33)17-22)20-15-27(36)30(28(37)16-20)45-32(40,41)42/h6-11,13-17H,2-3,12H2,1H3. The number of alkyl halides is 5. The molecule has 4 rings (SSSR count). The Morgan fingerprint density at radius 2 is 1.20 bits per heavy atom. The zero-order chi connectivity index (χ0) is 32.9. The van der Waals surface area contributed by atoms with Crippen LogP contribution in [0.1, 0.15) is 36.5 Å². The van der Waals surface area contributed by atoms with Gasteiger partial charge in [-0.3, -0.25) is 0 Å². The zero-order valence-corrected chi connectivity index (χ0v) is 23.0. The van der Waals surface area contributed by atoms with Gasteiger partial charge in [0.15, 0.2) is 11.6 Å². The molecule has 0 heterocycles. The van der Waals surface area contributed by atoms with Gasteiger partial charge in [-0.2, -0.15) is 8.78 Å². The Hall–Kier alpha value is -4.86. The predicted molar refractivity (Wildman–Crippen MR) is 142 cm³/mol. The number of ether oxygens (including phenoxy) is 3. The van der Waals surface area contributed by atoms with E-state index in [1.165, 1.54) is 0 Å². The number of benzene rings is 4. The van der Waals surface area contributed by atoms with Crippen LogP contribution in [0.2, 0.25) is 0 Å². The lowest BCUT2D eigenvalue weighted by Crippen LogP contribution is -2.25. The highest BCUT2D eigenvalue weighted by atomic mass is 19.4. The van der Waals surface area contributed by atoms with Crippen LogP contribution in [-0.4, -0.2) is 13.0 Å². The van der Waals surface area contributed by atoms with E-state index in [0.29, 0.717) is 60.4 Å². The van der Waals surface area contributed by atoms with Gasteiger partial charge in [-0.25, -0.2) is 22.0 Å². The van der Waals surface area contributed by atoms with Gasteiger partial charge in [0.05, 0.1) is 6.61 Å². The van der Waals surface area contributed by atoms with Gasteiger partial charge < -0.3 is 14.2 Å². The van der Waals surface area contributed by atoms with Crippen LogP contribution in [0, 0.1) is 40.9 Å². The molecular weight excluding hydrogens is 622 g/mol. The minimum Gasteiger partial charge on any atom is -0.494 e. The number of halogens is 10. The van der Waals surface area contributed by atoms with Gasteiger partial charge in [0.2, 0.25) is 5.75 Å². The summed E-state index contributed by atoms with van der Waals surface area (Å²) in [7, 11) is 0. The number of hydrogen-bond acceptors (Lipinski definition) is 3. The van der Waals surface area contributed by atoms with E-state index in [9.17, 15) is 43.9 Å². The first kappa shape index (κ1) is 33.0. The predicted octanol–water partition coefficient (Wildman–Crippen LogP) is 9.65. The van der Waals surface area contributed by atoms with Crippen LogP contribution in [0.25, 0.3) is 11.1 Å². The summed E-state index contributed by atoms with van der Waals surface area (Å²) in [6.45, 7) is 2.55. The van der Waals surface area contributed by atoms with E-state index in [2.05, 4.69) is 21.3 Å². The highest BCUT2D eigenvalue weighted by Crippen LogP contribution is 2.38. The van der Waals surface area contributed by atoms with Crippen molar-refractivity contribution in [3.8, 4) is 40.2 Å². The van der Waals surface area contributed by atoms with Crippen molar-refractivity contribution in [3.05, 3.63) is 113 Å². The third-order valence-corrected chi connectivity index (χ3v) is 6.02. The zero-order valence-electron chi connectivity index (χ0n) is 23.0. The van der Waals surface area contributed by atoms with Gasteiger partial charge in [-0.05, 0) is 72.6 Å². The summed E-state index contributed by atoms with van der Waals surface area (Å²) in [6.07, 6.45) is -8.26. The number of hydrogen-bond donors (Lipinski definition) is 0. The van der Waals surface area contributed by atoms with Crippen molar-refractivity contribution in [2.45, 2.75) is 32.2 Å². The van der Waals surface area contributed by atoms with Crippen molar-refractivity contribution < 1.29 is 58.1 Å². The first-order valence-electron chi connectivity index (χ1n) is 13.0. The Morgan fingerprint density at radius 1 is 0.622 bits per heavy atom. The Morgan fingerprint density at radius 3 is 1.76 bits per heavy atom. The molecule has 0 radical (unpaired) electrons. The summed E-state index contributed by atoms with van der Waals surface area (Å²) in [6, 6.07) is 10.0. The molecule has 236 valence electrons. The summed E-state index contributed by atoms with van der Waals surface area (Å²) in [5.74, 6) is -5.48. The third kappa shape index (κ3) is 8.41. The molecule has 0 saturated heterocycles. The number of unbranched alkanes of at least 4 members (excludes halogenated alkanes) is 1. The van der Waals surface area contributed by atoms with Crippen LogP contribution in [0.5, 0.6) is 17.2 Å². The van der Waals surface area contributed by atoms with Crippen molar-refractivity contribution in [2.75, 3.05) is 6.61 Å². The highest BCUT2D eigenvalue weighted by Gasteiger charge is 2.41. The van der Waals surface area contributed by atoms with E-state index in [-0.39, 0.29) is 5.56 Å². The molecule has 0 aliphatic carbocycles. The topological polar surface area (TPSA) is 27.7 Å². The first-order chi connectivity index (χ1) is 21.2. The fourth-order valence-corrected chi connectivity index (χ4v) is 3.96. The largest absolute Gasteiger partial charge is 0.573 e. The molecule has 0 N–H and O–H groups in total. The van der Waals surface area contributed by atoms with E-state index in [0.717, 1.165) is 12.8 Å². The van der Waals surface area contributed by atoms with E-state index in [4.69, 9.17) is 4.74 Å². The van der Waals surface area contributed by atoms with Crippen LogP contribution in [0.3, 0.4) is 0 Å². The summed E-state index contributed by atoms with van der Waals surface area (Å²) in [5, 5.41) is 0. The fraction of sp³-hybridized carbons (Fsp3) is 0.188. The molecule has 3 nitrogen and oxygen atoms in total. The Balaban J connectivity index is 1.51. The molecule has 0 amide bonds. The molecule has 0 spiro atoms. The van der Waals surface area contributed by atoms with Crippen LogP contribution in [0.15, 0.2) is 66.7 Å². The molecule has 0 saturated carbocycles. The lowest BCUT2D eigenvalue weighted by atomic mass is 10.0. The summed E-state index contributed by atoms with van der Waals surface area (Å²) in [4.78, 5) is 0. The minimum atomic E-state index is -5.42. The molecule has 4 aromatic carbocycles. The molecule has 0 fully saturated rings. The average molecular weight is 642 g/mol. The maximum Gasteiger partial charge on any atom is 0.573 e. The lowest BCUT2D eigenvalue weighted by molar-refractivity contribution is -0.276. The second-order valence-electron chi connectivity index (χ2n) is 9.37. The van der Waals surface area contributed by atoms with Gasteiger partial charge >= 0.3 is 12.5 Å². The first-order valence-corrected chi connectivity index (χ1v) is 13.0. The smallest absolute Gasteiger partial charge is 0.494 e. The van der Waals surface area contributed by atoms with Crippen molar-refractivity contribution in [1.82, 2.24) is 0 Å². The van der Waals surface area contributed by atoms with Crippen LogP contribution < -0.4 is 14.2 Å². The molecule has 0 aromatic heterocycles. The van der Waals surface area contributed by atoms with Gasteiger partial charge in [-0.15, -0.1) is 13.2 Å². The molecule has 45 heavy (non-hydrogen) atoms. The van der Waals surface area contributed by atoms with Gasteiger partial charge in [0.25, 0.3) is 0 Å². The minimum absolute atomic E-state index is 0.269. The van der Waals surface area contributed by atoms with Gasteiger partial charge in [0, 0.05) is 22.8 Å². The van der Waals surface area contributed by atoms with Crippen molar-refractivity contribution >= 4 is 0 Å². The van der Waals surface area contributed by atoms with Gasteiger partial charge in [-0.1, -0.05) is 25.2 Å². The molecule has 13 heteroatoms. The number of rotatable bonds is 9. The Labute approximate surface area is 250 Å². The second kappa shape index (κ2) is 13.4.